The highest BCUT2D eigenvalue weighted by Gasteiger charge is 2.62. The summed E-state index contributed by atoms with van der Waals surface area (Å²) in [4.78, 5) is 62.3. The van der Waals surface area contributed by atoms with E-state index in [1.54, 1.807) is 0 Å². The number of furan rings is 1. The maximum absolute atomic E-state index is 14.8. The highest BCUT2D eigenvalue weighted by Crippen LogP contribution is 2.46. The summed E-state index contributed by atoms with van der Waals surface area (Å²) < 4.78 is 75.5. The molecule has 312 valence electrons. The number of ether oxygens (including phenoxy) is 2. The van der Waals surface area contributed by atoms with Crippen LogP contribution in [0.2, 0.25) is 0 Å². The Bertz CT molecular complexity index is 2500. The third-order valence-electron chi connectivity index (χ3n) is 12.3. The number of nitrogens with one attached hydrogen (secondary N) is 3. The van der Waals surface area contributed by atoms with Crippen molar-refractivity contribution in [3.63, 3.8) is 0 Å². The molecule has 4 fully saturated rings. The molecule has 4 amide bonds. The molecule has 5 aliphatic rings. The van der Waals surface area contributed by atoms with Gasteiger partial charge in [-0.2, -0.15) is 0 Å². The average Bonchev–Trinajstić information content (AvgIpc) is 4.01. The van der Waals surface area contributed by atoms with Crippen molar-refractivity contribution in [2.45, 2.75) is 119 Å². The molecule has 0 spiro atoms. The number of allylic oxidation sites excluding steroid dienone is 1. The predicted octanol–water partition coefficient (Wildman–Crippen LogP) is 5.80. The van der Waals surface area contributed by atoms with E-state index < -0.39 is 80.4 Å². The topological polar surface area (TPSA) is 186 Å². The van der Waals surface area contributed by atoms with Crippen molar-refractivity contribution in [3.8, 4) is 5.75 Å². The lowest BCUT2D eigenvalue weighted by atomic mass is 10.0. The van der Waals surface area contributed by atoms with E-state index in [2.05, 4.69) is 20.3 Å². The number of carbonyl (C=O) groups excluding carboxylic acids is 4. The standard InChI is InChI=1S/C42H45F2N5O9S/c43-24-13-17-31-30(18-24)36(37-35(45-31)29-16-12-25(44)19-34(29)58-37)56-27-20-33-38(50)47-42(40(52)48-59(54,55)28-14-15-28)21-23(42)8-4-2-1-3-5-11-32(39(51)49(33)22-27)46-41(53)57-26-9-6-7-10-26/h4,8,12-13,16-19,23,26-28,32-33H,1-3,5-7,9-11,14-15,20-22H2,(H,46,53)(H,47,50)(H,48,52)/b8-4-/t23-,27+,32-,33-,42+/m0/s1. The number of halogens is 2. The van der Waals surface area contributed by atoms with Gasteiger partial charge in [-0.25, -0.2) is 27.0 Å². The molecule has 1 saturated heterocycles. The van der Waals surface area contributed by atoms with Crippen molar-refractivity contribution in [3.05, 3.63) is 60.2 Å². The van der Waals surface area contributed by atoms with Crippen LogP contribution in [0, 0.1) is 17.6 Å². The number of sulfonamides is 1. The monoisotopic (exact) mass is 833 g/mol. The summed E-state index contributed by atoms with van der Waals surface area (Å²) in [7, 11) is -3.95. The number of nitrogens with zero attached hydrogens (tertiary/aromatic N) is 2. The summed E-state index contributed by atoms with van der Waals surface area (Å²) in [6.45, 7) is -0.166. The van der Waals surface area contributed by atoms with Crippen LogP contribution in [0.3, 0.4) is 0 Å². The van der Waals surface area contributed by atoms with Crippen LogP contribution in [0.4, 0.5) is 13.6 Å². The predicted molar refractivity (Wildman–Crippen MR) is 210 cm³/mol. The van der Waals surface area contributed by atoms with E-state index in [0.29, 0.717) is 42.1 Å². The van der Waals surface area contributed by atoms with E-state index in [1.165, 1.54) is 41.3 Å². The highest BCUT2D eigenvalue weighted by atomic mass is 32.2. The smallest absolute Gasteiger partial charge is 0.408 e. The van der Waals surface area contributed by atoms with Crippen molar-refractivity contribution in [2.24, 2.45) is 5.92 Å². The average molecular weight is 834 g/mol. The lowest BCUT2D eigenvalue weighted by molar-refractivity contribution is -0.141. The lowest BCUT2D eigenvalue weighted by Gasteiger charge is -2.30. The van der Waals surface area contributed by atoms with E-state index in [1.807, 2.05) is 12.2 Å². The quantitative estimate of drug-likeness (QED) is 0.192. The Morgan fingerprint density at radius 3 is 2.49 bits per heavy atom. The van der Waals surface area contributed by atoms with Crippen LogP contribution in [-0.4, -0.2) is 83.7 Å². The zero-order valence-corrected chi connectivity index (χ0v) is 33.0. The van der Waals surface area contributed by atoms with E-state index in [9.17, 15) is 36.4 Å². The van der Waals surface area contributed by atoms with Crippen molar-refractivity contribution in [1.82, 2.24) is 25.2 Å². The van der Waals surface area contributed by atoms with Gasteiger partial charge in [0.15, 0.2) is 11.3 Å². The molecule has 9 rings (SSSR count). The number of carbonyl (C=O) groups is 4. The van der Waals surface area contributed by atoms with Gasteiger partial charge in [-0.1, -0.05) is 25.0 Å². The van der Waals surface area contributed by atoms with Gasteiger partial charge >= 0.3 is 6.09 Å². The zero-order chi connectivity index (χ0) is 41.1. The first-order valence-electron chi connectivity index (χ1n) is 20.5. The van der Waals surface area contributed by atoms with Crippen LogP contribution >= 0.6 is 0 Å². The number of fused-ring (bicyclic) bond motifs is 6. The first kappa shape index (κ1) is 39.2. The summed E-state index contributed by atoms with van der Waals surface area (Å²) in [6.07, 6.45) is 9.05. The zero-order valence-electron chi connectivity index (χ0n) is 32.2. The second-order valence-electron chi connectivity index (χ2n) is 16.5. The number of benzene rings is 2. The summed E-state index contributed by atoms with van der Waals surface area (Å²) >= 11 is 0. The van der Waals surface area contributed by atoms with Crippen molar-refractivity contribution in [1.29, 1.82) is 0 Å². The van der Waals surface area contributed by atoms with Crippen LogP contribution in [0.1, 0.15) is 83.5 Å². The van der Waals surface area contributed by atoms with Crippen LogP contribution < -0.4 is 20.1 Å². The first-order chi connectivity index (χ1) is 28.4. The van der Waals surface area contributed by atoms with Gasteiger partial charge < -0.3 is 29.4 Å². The molecule has 2 aliphatic heterocycles. The molecule has 3 saturated carbocycles. The van der Waals surface area contributed by atoms with Crippen molar-refractivity contribution >= 4 is 66.8 Å². The second-order valence-corrected chi connectivity index (χ2v) is 18.5. The number of hydrogen-bond acceptors (Lipinski definition) is 10. The molecule has 3 aliphatic carbocycles. The summed E-state index contributed by atoms with van der Waals surface area (Å²) in [6, 6.07) is 5.63. The highest BCUT2D eigenvalue weighted by molar-refractivity contribution is 7.91. The minimum atomic E-state index is -3.95. The Hall–Kier alpha value is -5.32. The van der Waals surface area contributed by atoms with Crippen LogP contribution in [-0.2, 0) is 29.1 Å². The lowest BCUT2D eigenvalue weighted by Crippen LogP contribution is -2.58. The molecule has 5 atom stereocenters. The molecule has 0 bridgehead atoms. The number of hydrogen-bond donors (Lipinski definition) is 3. The fourth-order valence-electron chi connectivity index (χ4n) is 8.82. The minimum absolute atomic E-state index is 0.0741. The Morgan fingerprint density at radius 2 is 1.69 bits per heavy atom. The van der Waals surface area contributed by atoms with Gasteiger partial charge in [0, 0.05) is 29.2 Å². The van der Waals surface area contributed by atoms with Gasteiger partial charge in [-0.05, 0) is 94.5 Å². The third-order valence-corrected chi connectivity index (χ3v) is 14.1. The summed E-state index contributed by atoms with van der Waals surface area (Å²) in [5, 5.41) is 5.68. The number of pyridine rings is 1. The Balaban J connectivity index is 1.07. The Morgan fingerprint density at radius 1 is 0.932 bits per heavy atom. The van der Waals surface area contributed by atoms with Crippen molar-refractivity contribution in [2.75, 3.05) is 6.54 Å². The number of rotatable bonds is 7. The summed E-state index contributed by atoms with van der Waals surface area (Å²) in [5.41, 5.74) is -0.600. The molecule has 2 aromatic carbocycles. The molecule has 3 N–H and O–H groups in total. The van der Waals surface area contributed by atoms with Gasteiger partial charge in [-0.3, -0.25) is 19.1 Å². The molecule has 14 nitrogen and oxygen atoms in total. The molecule has 0 radical (unpaired) electrons. The van der Waals surface area contributed by atoms with Crippen LogP contribution in [0.15, 0.2) is 53.0 Å². The number of alkyl carbamates (subject to hydrolysis) is 1. The fraction of sp³-hybridized carbons (Fsp3) is 0.500. The Kier molecular flexibility index (Phi) is 10.2. The summed E-state index contributed by atoms with van der Waals surface area (Å²) in [5.74, 6) is -3.67. The third kappa shape index (κ3) is 7.80. The SMILES string of the molecule is O=C(N[C@H]1CCCCC/C=C\[C@H]2C[C@@]2(C(=O)NS(=O)(=O)C2CC2)NC(=O)[C@@H]2C[C@@H](Oc3c4cc(F)ccc4nc4c3oc3cc(F)ccc34)CN2C1=O)OC1CCCC1. The number of amides is 4. The normalized spacial score (nSPS) is 27.4. The number of aromatic nitrogens is 1. The van der Waals surface area contributed by atoms with Crippen LogP contribution in [0.5, 0.6) is 5.75 Å². The van der Waals surface area contributed by atoms with E-state index in [0.717, 1.165) is 38.5 Å². The molecule has 17 heteroatoms. The molecule has 59 heavy (non-hydrogen) atoms. The van der Waals surface area contributed by atoms with E-state index >= 15 is 0 Å². The molecule has 0 unspecified atom stereocenters. The maximum Gasteiger partial charge on any atom is 0.408 e. The van der Waals surface area contributed by atoms with Crippen LogP contribution in [0.25, 0.3) is 33.0 Å². The van der Waals surface area contributed by atoms with Gasteiger partial charge in [0.2, 0.25) is 21.8 Å². The van der Waals surface area contributed by atoms with Gasteiger partial charge in [0.25, 0.3) is 5.91 Å². The van der Waals surface area contributed by atoms with Crippen molar-refractivity contribution < 1.29 is 50.3 Å². The van der Waals surface area contributed by atoms with Gasteiger partial charge in [0.1, 0.15) is 52.6 Å². The second kappa shape index (κ2) is 15.4. The largest absolute Gasteiger partial charge is 0.484 e. The van der Waals surface area contributed by atoms with E-state index in [-0.39, 0.29) is 54.2 Å². The van der Waals surface area contributed by atoms with Gasteiger partial charge in [0.05, 0.1) is 17.3 Å². The molecular weight excluding hydrogens is 789 g/mol. The maximum atomic E-state index is 14.8. The fourth-order valence-corrected chi connectivity index (χ4v) is 10.2. The molecular formula is C42H45F2N5O9S. The van der Waals surface area contributed by atoms with Gasteiger partial charge in [-0.15, -0.1) is 0 Å². The molecule has 4 heterocycles. The minimum Gasteiger partial charge on any atom is -0.484 e. The Labute approximate surface area is 338 Å². The molecule has 4 aromatic rings. The molecule has 2 aromatic heterocycles. The van der Waals surface area contributed by atoms with E-state index in [4.69, 9.17) is 13.9 Å². The first-order valence-corrected chi connectivity index (χ1v) is 22.0.